The van der Waals surface area contributed by atoms with Gasteiger partial charge >= 0.3 is 7.82 Å². The fourth-order valence-corrected chi connectivity index (χ4v) is 4.90. The molecule has 178 valence electrons. The van der Waals surface area contributed by atoms with E-state index < -0.39 is 7.82 Å². The van der Waals surface area contributed by atoms with Crippen LogP contribution in [-0.2, 0) is 25.2 Å². The third kappa shape index (κ3) is 8.29. The molecule has 1 amide bonds. The van der Waals surface area contributed by atoms with Gasteiger partial charge in [-0.2, -0.15) is 0 Å². The highest BCUT2D eigenvalue weighted by molar-refractivity contribution is 8.17. The minimum absolute atomic E-state index is 0.00791. The second-order valence-corrected chi connectivity index (χ2v) is 10.4. The SMILES string of the molecule is C/C(=C(\CCOP(=O)(O)O)SC(=O)C1CCC(C)CC1)N(C=O)Cc1cnc(C)nc1N. The number of rotatable bonds is 10. The summed E-state index contributed by atoms with van der Waals surface area (Å²) in [7, 11) is -4.65. The topological polar surface area (TPSA) is 156 Å². The van der Waals surface area contributed by atoms with E-state index in [-0.39, 0.29) is 36.4 Å². The molecular weight excluding hydrogens is 455 g/mol. The van der Waals surface area contributed by atoms with Crippen LogP contribution in [0.15, 0.2) is 16.8 Å². The van der Waals surface area contributed by atoms with Crippen LogP contribution in [0.3, 0.4) is 0 Å². The first-order valence-corrected chi connectivity index (χ1v) is 12.8. The van der Waals surface area contributed by atoms with Crippen LogP contribution in [0.1, 0.15) is 57.3 Å². The highest BCUT2D eigenvalue weighted by atomic mass is 32.2. The summed E-state index contributed by atoms with van der Waals surface area (Å²) in [6.07, 6.45) is 5.83. The zero-order chi connectivity index (χ0) is 23.9. The van der Waals surface area contributed by atoms with Crippen molar-refractivity contribution in [2.45, 2.75) is 59.4 Å². The number of phosphoric ester groups is 1. The first-order chi connectivity index (χ1) is 15.0. The molecule has 0 aromatic carbocycles. The number of phosphoric acid groups is 1. The molecule has 0 aliphatic heterocycles. The van der Waals surface area contributed by atoms with Crippen molar-refractivity contribution in [3.63, 3.8) is 0 Å². The van der Waals surface area contributed by atoms with Crippen molar-refractivity contribution in [1.29, 1.82) is 0 Å². The Labute approximate surface area is 192 Å². The van der Waals surface area contributed by atoms with Crippen molar-refractivity contribution >= 4 is 36.9 Å². The number of thioether (sulfide) groups is 1. The molecule has 1 heterocycles. The number of carbonyl (C=O) groups is 2. The second kappa shape index (κ2) is 11.9. The van der Waals surface area contributed by atoms with E-state index in [1.165, 1.54) is 4.90 Å². The molecule has 1 aliphatic carbocycles. The van der Waals surface area contributed by atoms with Gasteiger partial charge in [-0.25, -0.2) is 14.5 Å². The maximum absolute atomic E-state index is 12.9. The van der Waals surface area contributed by atoms with Crippen LogP contribution >= 0.6 is 19.6 Å². The molecule has 0 saturated heterocycles. The molecule has 1 aromatic rings. The lowest BCUT2D eigenvalue weighted by Gasteiger charge is -2.26. The number of hydrogen-bond acceptors (Lipinski definition) is 8. The van der Waals surface area contributed by atoms with Gasteiger partial charge in [-0.3, -0.25) is 14.1 Å². The number of hydrogen-bond donors (Lipinski definition) is 3. The number of carbonyl (C=O) groups excluding carboxylic acids is 2. The standard InChI is InChI=1S/C20H31N4O6PS/c1-13-4-6-16(7-5-13)20(26)32-18(8-9-30-31(27,28)29)14(2)24(12-25)11-17-10-22-15(3)23-19(17)21/h10,12-13,16H,4-9,11H2,1-3H3,(H2,21,22,23)(H2,27,28,29)/b18-14-. The number of nitrogens with two attached hydrogens (primary N) is 1. The fourth-order valence-electron chi connectivity index (χ4n) is 3.48. The van der Waals surface area contributed by atoms with Gasteiger partial charge in [0.25, 0.3) is 0 Å². The van der Waals surface area contributed by atoms with Crippen molar-refractivity contribution in [1.82, 2.24) is 14.9 Å². The molecule has 32 heavy (non-hydrogen) atoms. The largest absolute Gasteiger partial charge is 0.469 e. The van der Waals surface area contributed by atoms with Crippen molar-refractivity contribution in [3.05, 3.63) is 28.2 Å². The minimum atomic E-state index is -4.65. The van der Waals surface area contributed by atoms with Crippen LogP contribution in [0.5, 0.6) is 0 Å². The summed E-state index contributed by atoms with van der Waals surface area (Å²) in [6, 6.07) is 0. The average molecular weight is 487 g/mol. The van der Waals surface area contributed by atoms with E-state index in [1.54, 1.807) is 20.0 Å². The number of allylic oxidation sites excluding steroid dienone is 1. The molecule has 0 atom stereocenters. The predicted octanol–water partition coefficient (Wildman–Crippen LogP) is 3.14. The van der Waals surface area contributed by atoms with E-state index in [2.05, 4.69) is 21.4 Å². The number of nitrogens with zero attached hydrogens (tertiary/aromatic N) is 3. The summed E-state index contributed by atoms with van der Waals surface area (Å²) in [4.78, 5) is 52.9. The first-order valence-electron chi connectivity index (χ1n) is 10.4. The van der Waals surface area contributed by atoms with E-state index in [0.29, 0.717) is 34.3 Å². The molecule has 1 fully saturated rings. The van der Waals surface area contributed by atoms with Crippen LogP contribution in [0.25, 0.3) is 0 Å². The summed E-state index contributed by atoms with van der Waals surface area (Å²) in [5, 5.41) is -0.00791. The van der Waals surface area contributed by atoms with Crippen LogP contribution in [0, 0.1) is 18.8 Å². The molecule has 1 saturated carbocycles. The van der Waals surface area contributed by atoms with Crippen LogP contribution < -0.4 is 5.73 Å². The number of amides is 1. The summed E-state index contributed by atoms with van der Waals surface area (Å²) >= 11 is 1.02. The molecule has 1 aromatic heterocycles. The van der Waals surface area contributed by atoms with Crippen LogP contribution in [0.2, 0.25) is 0 Å². The van der Waals surface area contributed by atoms with Crippen LogP contribution in [0.4, 0.5) is 5.82 Å². The van der Waals surface area contributed by atoms with E-state index in [9.17, 15) is 14.2 Å². The fraction of sp³-hybridized carbons (Fsp3) is 0.600. The zero-order valence-corrected chi connectivity index (χ0v) is 20.3. The molecule has 4 N–H and O–H groups in total. The molecule has 10 nitrogen and oxygen atoms in total. The van der Waals surface area contributed by atoms with Gasteiger partial charge in [-0.05, 0) is 45.4 Å². The van der Waals surface area contributed by atoms with Gasteiger partial charge < -0.3 is 20.4 Å². The minimum Gasteiger partial charge on any atom is -0.383 e. The van der Waals surface area contributed by atoms with E-state index >= 15 is 0 Å². The maximum Gasteiger partial charge on any atom is 0.469 e. The quantitative estimate of drug-likeness (QED) is 0.332. The van der Waals surface area contributed by atoms with E-state index in [1.807, 2.05) is 0 Å². The van der Waals surface area contributed by atoms with Gasteiger partial charge in [0, 0.05) is 34.7 Å². The Kier molecular flexibility index (Phi) is 9.84. The van der Waals surface area contributed by atoms with Crippen LogP contribution in [-0.4, -0.2) is 42.8 Å². The summed E-state index contributed by atoms with van der Waals surface area (Å²) in [5.41, 5.74) is 6.97. The highest BCUT2D eigenvalue weighted by Gasteiger charge is 2.27. The third-order valence-electron chi connectivity index (χ3n) is 5.48. The normalized spacial score (nSPS) is 19.9. The predicted molar refractivity (Wildman–Crippen MR) is 122 cm³/mol. The third-order valence-corrected chi connectivity index (χ3v) is 7.28. The molecule has 12 heteroatoms. The van der Waals surface area contributed by atoms with Gasteiger partial charge in [0.05, 0.1) is 13.2 Å². The molecule has 0 spiro atoms. The molecular formula is C20H31N4O6PS. The highest BCUT2D eigenvalue weighted by Crippen LogP contribution is 2.39. The Balaban J connectivity index is 2.23. The smallest absolute Gasteiger partial charge is 0.383 e. The zero-order valence-electron chi connectivity index (χ0n) is 18.6. The Morgan fingerprint density at radius 2 is 2.03 bits per heavy atom. The Bertz CT molecular complexity index is 898. The van der Waals surface area contributed by atoms with Crippen molar-refractivity contribution in [2.75, 3.05) is 12.3 Å². The Morgan fingerprint density at radius 1 is 1.38 bits per heavy atom. The second-order valence-electron chi connectivity index (χ2n) is 8.02. The lowest BCUT2D eigenvalue weighted by molar-refractivity contribution is -0.117. The van der Waals surface area contributed by atoms with Gasteiger partial charge in [0.2, 0.25) is 6.41 Å². The molecule has 0 radical (unpaired) electrons. The molecule has 2 rings (SSSR count). The molecule has 0 bridgehead atoms. The lowest BCUT2D eigenvalue weighted by Crippen LogP contribution is -2.23. The molecule has 0 unspecified atom stereocenters. The van der Waals surface area contributed by atoms with Crippen molar-refractivity contribution in [3.8, 4) is 0 Å². The van der Waals surface area contributed by atoms with Gasteiger partial charge in [-0.1, -0.05) is 18.7 Å². The van der Waals surface area contributed by atoms with Gasteiger partial charge in [0.15, 0.2) is 5.12 Å². The maximum atomic E-state index is 12.9. The number of aryl methyl sites for hydroxylation is 1. The Hall–Kier alpha value is -1.78. The average Bonchev–Trinajstić information content (AvgIpc) is 2.71. The number of aromatic nitrogens is 2. The first kappa shape index (κ1) is 26.5. The number of nitrogen functional groups attached to an aromatic ring is 1. The summed E-state index contributed by atoms with van der Waals surface area (Å²) in [6.45, 7) is 5.36. The van der Waals surface area contributed by atoms with E-state index in [0.717, 1.165) is 37.4 Å². The monoisotopic (exact) mass is 486 g/mol. The van der Waals surface area contributed by atoms with Gasteiger partial charge in [0.1, 0.15) is 11.6 Å². The van der Waals surface area contributed by atoms with Crippen molar-refractivity contribution < 1.29 is 28.5 Å². The molecule has 1 aliphatic rings. The number of anilines is 1. The van der Waals surface area contributed by atoms with Gasteiger partial charge in [-0.15, -0.1) is 0 Å². The van der Waals surface area contributed by atoms with Crippen molar-refractivity contribution in [2.24, 2.45) is 11.8 Å². The lowest BCUT2D eigenvalue weighted by atomic mass is 9.84. The Morgan fingerprint density at radius 3 is 2.59 bits per heavy atom. The summed E-state index contributed by atoms with van der Waals surface area (Å²) < 4.78 is 15.6. The summed E-state index contributed by atoms with van der Waals surface area (Å²) in [5.74, 6) is 1.29. The van der Waals surface area contributed by atoms with E-state index in [4.69, 9.17) is 15.5 Å².